The van der Waals surface area contributed by atoms with Gasteiger partial charge in [0, 0.05) is 19.7 Å². The summed E-state index contributed by atoms with van der Waals surface area (Å²) in [6, 6.07) is 7.13. The predicted molar refractivity (Wildman–Crippen MR) is 99.1 cm³/mol. The van der Waals surface area contributed by atoms with E-state index in [0.29, 0.717) is 5.56 Å². The molecule has 0 aliphatic heterocycles. The summed E-state index contributed by atoms with van der Waals surface area (Å²) in [5.74, 6) is 0.0244. The topological polar surface area (TPSA) is 120 Å². The summed E-state index contributed by atoms with van der Waals surface area (Å²) < 4.78 is 7.14. The molecule has 0 unspecified atom stereocenters. The maximum Gasteiger partial charge on any atom is 0.352 e. The molecule has 1 aromatic carbocycles. The summed E-state index contributed by atoms with van der Waals surface area (Å²) in [5.41, 5.74) is -1.62. The maximum absolute atomic E-state index is 12.8. The molecule has 0 bridgehead atoms. The van der Waals surface area contributed by atoms with Crippen molar-refractivity contribution in [1.29, 1.82) is 0 Å². The number of H-pyrrole nitrogens is 1. The van der Waals surface area contributed by atoms with E-state index in [1.807, 2.05) is 19.1 Å². The highest BCUT2D eigenvalue weighted by Gasteiger charge is 2.19. The second-order valence-corrected chi connectivity index (χ2v) is 6.28. The van der Waals surface area contributed by atoms with Gasteiger partial charge in [0.25, 0.3) is 5.56 Å². The van der Waals surface area contributed by atoms with Gasteiger partial charge >= 0.3 is 11.3 Å². The molecule has 1 N–H and O–H groups in total. The van der Waals surface area contributed by atoms with Crippen LogP contribution in [0.2, 0.25) is 0 Å². The van der Waals surface area contributed by atoms with Crippen LogP contribution in [0.1, 0.15) is 5.56 Å². The van der Waals surface area contributed by atoms with Gasteiger partial charge in [0.2, 0.25) is 11.3 Å². The van der Waals surface area contributed by atoms with Crippen molar-refractivity contribution in [2.24, 2.45) is 14.1 Å². The second kappa shape index (κ2) is 5.63. The van der Waals surface area contributed by atoms with E-state index >= 15 is 0 Å². The molecule has 0 spiro atoms. The zero-order valence-electron chi connectivity index (χ0n) is 14.7. The average molecular weight is 366 g/mol. The molecular weight excluding hydrogens is 352 g/mol. The standard InChI is InChI=1S/C18H14N4O5/c1-8-4-6-9(7-5-8)15-20-13-10(17(25)27-15)12(23)11-14(19-13)21(2)18(26)22(3)16(11)24/h4-7H,1-3H3,(H,19,23). The minimum Gasteiger partial charge on any atom is -0.403 e. The molecule has 9 heteroatoms. The Hall–Kier alpha value is -3.75. The largest absolute Gasteiger partial charge is 0.403 e. The fourth-order valence-electron chi connectivity index (χ4n) is 2.96. The zero-order valence-corrected chi connectivity index (χ0v) is 14.7. The van der Waals surface area contributed by atoms with Crippen LogP contribution >= 0.6 is 0 Å². The van der Waals surface area contributed by atoms with Crippen molar-refractivity contribution in [1.82, 2.24) is 19.1 Å². The van der Waals surface area contributed by atoms with Crippen molar-refractivity contribution in [3.8, 4) is 11.5 Å². The highest BCUT2D eigenvalue weighted by molar-refractivity contribution is 5.88. The molecule has 0 aliphatic rings. The molecule has 27 heavy (non-hydrogen) atoms. The summed E-state index contributed by atoms with van der Waals surface area (Å²) in [5, 5.41) is -0.668. The van der Waals surface area contributed by atoms with Crippen molar-refractivity contribution < 1.29 is 4.42 Å². The van der Waals surface area contributed by atoms with Crippen LogP contribution < -0.4 is 22.3 Å². The van der Waals surface area contributed by atoms with Gasteiger partial charge in [-0.3, -0.25) is 18.7 Å². The van der Waals surface area contributed by atoms with E-state index in [2.05, 4.69) is 9.97 Å². The monoisotopic (exact) mass is 366 g/mol. The molecule has 0 amide bonds. The van der Waals surface area contributed by atoms with E-state index in [1.54, 1.807) is 12.1 Å². The van der Waals surface area contributed by atoms with Gasteiger partial charge in [0.05, 0.1) is 0 Å². The molecule has 0 saturated heterocycles. The molecule has 0 fully saturated rings. The summed E-state index contributed by atoms with van der Waals surface area (Å²) in [6.07, 6.45) is 0. The summed E-state index contributed by atoms with van der Waals surface area (Å²) >= 11 is 0. The zero-order chi connectivity index (χ0) is 19.5. The highest BCUT2D eigenvalue weighted by Crippen LogP contribution is 2.18. The first-order valence-corrected chi connectivity index (χ1v) is 8.03. The minimum absolute atomic E-state index is 0.00597. The quantitative estimate of drug-likeness (QED) is 0.487. The lowest BCUT2D eigenvalue weighted by atomic mass is 10.1. The number of fused-ring (bicyclic) bond motifs is 2. The summed E-state index contributed by atoms with van der Waals surface area (Å²) in [4.78, 5) is 56.7. The van der Waals surface area contributed by atoms with Gasteiger partial charge in [-0.05, 0) is 19.1 Å². The first kappa shape index (κ1) is 16.7. The van der Waals surface area contributed by atoms with Crippen molar-refractivity contribution >= 4 is 22.1 Å². The lowest BCUT2D eigenvalue weighted by Crippen LogP contribution is -2.39. The van der Waals surface area contributed by atoms with Crippen LogP contribution in [0.4, 0.5) is 0 Å². The van der Waals surface area contributed by atoms with Crippen LogP contribution in [0.15, 0.2) is 47.9 Å². The number of rotatable bonds is 1. The fourth-order valence-corrected chi connectivity index (χ4v) is 2.96. The number of nitrogens with one attached hydrogen (secondary N) is 1. The van der Waals surface area contributed by atoms with Crippen LogP contribution in [0.3, 0.4) is 0 Å². The van der Waals surface area contributed by atoms with Crippen LogP contribution in [0.5, 0.6) is 0 Å². The van der Waals surface area contributed by atoms with Gasteiger partial charge in [-0.25, -0.2) is 9.59 Å². The Kier molecular flexibility index (Phi) is 3.48. The Morgan fingerprint density at radius 1 is 0.963 bits per heavy atom. The van der Waals surface area contributed by atoms with E-state index in [0.717, 1.165) is 14.7 Å². The average Bonchev–Trinajstić information content (AvgIpc) is 2.64. The molecule has 136 valence electrons. The number of aromatic amines is 1. The Morgan fingerprint density at radius 3 is 2.30 bits per heavy atom. The number of aromatic nitrogens is 4. The third-order valence-electron chi connectivity index (χ3n) is 4.50. The third kappa shape index (κ3) is 2.35. The SMILES string of the molecule is Cc1ccc(-c2nc3[nH]c4c(c(=O)c3c(=O)o2)c(=O)n(C)c(=O)n4C)cc1. The van der Waals surface area contributed by atoms with Crippen molar-refractivity contribution in [2.75, 3.05) is 0 Å². The number of hydrogen-bond donors (Lipinski definition) is 1. The van der Waals surface area contributed by atoms with Crippen LogP contribution in [0, 0.1) is 6.92 Å². The molecular formula is C18H14N4O5. The van der Waals surface area contributed by atoms with Gasteiger partial charge in [0.1, 0.15) is 11.0 Å². The molecule has 9 nitrogen and oxygen atoms in total. The smallest absolute Gasteiger partial charge is 0.352 e. The molecule has 0 saturated carbocycles. The number of pyridine rings is 1. The predicted octanol–water partition coefficient (Wildman–Crippen LogP) is 0.402. The van der Waals surface area contributed by atoms with E-state index in [1.165, 1.54) is 14.1 Å². The minimum atomic E-state index is -0.908. The first-order chi connectivity index (χ1) is 12.8. The molecule has 3 aromatic heterocycles. The van der Waals surface area contributed by atoms with Gasteiger partial charge in [-0.15, -0.1) is 0 Å². The molecule has 4 aromatic rings. The first-order valence-electron chi connectivity index (χ1n) is 8.03. The van der Waals surface area contributed by atoms with Gasteiger partial charge in [0.15, 0.2) is 11.0 Å². The third-order valence-corrected chi connectivity index (χ3v) is 4.50. The summed E-state index contributed by atoms with van der Waals surface area (Å²) in [7, 11) is 2.67. The van der Waals surface area contributed by atoms with E-state index in [-0.39, 0.29) is 28.0 Å². The Balaban J connectivity index is 2.18. The number of nitrogens with zero attached hydrogens (tertiary/aromatic N) is 3. The molecule has 0 aliphatic carbocycles. The fraction of sp³-hybridized carbons (Fsp3) is 0.167. The molecule has 4 rings (SSSR count). The van der Waals surface area contributed by atoms with Crippen LogP contribution in [-0.2, 0) is 14.1 Å². The Bertz CT molecular complexity index is 1470. The molecule has 0 radical (unpaired) electrons. The number of benzene rings is 1. The Labute approximate surface area is 150 Å². The van der Waals surface area contributed by atoms with E-state index in [9.17, 15) is 19.2 Å². The Morgan fingerprint density at radius 2 is 1.63 bits per heavy atom. The van der Waals surface area contributed by atoms with Gasteiger partial charge in [-0.1, -0.05) is 17.7 Å². The van der Waals surface area contributed by atoms with Crippen molar-refractivity contribution in [2.45, 2.75) is 6.92 Å². The van der Waals surface area contributed by atoms with Crippen LogP contribution in [0.25, 0.3) is 33.5 Å². The maximum atomic E-state index is 12.8. The highest BCUT2D eigenvalue weighted by atomic mass is 16.4. The van der Waals surface area contributed by atoms with E-state index in [4.69, 9.17) is 4.42 Å². The second-order valence-electron chi connectivity index (χ2n) is 6.28. The lowest BCUT2D eigenvalue weighted by Gasteiger charge is -2.08. The van der Waals surface area contributed by atoms with Crippen molar-refractivity contribution in [3.05, 3.63) is 71.3 Å². The van der Waals surface area contributed by atoms with E-state index < -0.39 is 22.3 Å². The number of hydrogen-bond acceptors (Lipinski definition) is 6. The summed E-state index contributed by atoms with van der Waals surface area (Å²) in [6.45, 7) is 1.92. The molecule has 0 atom stereocenters. The molecule has 3 heterocycles. The van der Waals surface area contributed by atoms with Crippen LogP contribution in [-0.4, -0.2) is 19.1 Å². The number of aryl methyl sites for hydroxylation is 2. The van der Waals surface area contributed by atoms with Crippen molar-refractivity contribution in [3.63, 3.8) is 0 Å². The van der Waals surface area contributed by atoms with Gasteiger partial charge < -0.3 is 9.40 Å². The normalized spacial score (nSPS) is 11.4. The lowest BCUT2D eigenvalue weighted by molar-refractivity contribution is 0.517. The van der Waals surface area contributed by atoms with Gasteiger partial charge in [-0.2, -0.15) is 4.98 Å².